The fourth-order valence-electron chi connectivity index (χ4n) is 3.85. The van der Waals surface area contributed by atoms with Crippen LogP contribution in [0.15, 0.2) is 82.6 Å². The lowest BCUT2D eigenvalue weighted by Gasteiger charge is -2.28. The summed E-state index contributed by atoms with van der Waals surface area (Å²) >= 11 is 6.13. The maximum Gasteiger partial charge on any atom is 0.255 e. The minimum atomic E-state index is -0.538. The van der Waals surface area contributed by atoms with Crippen LogP contribution in [0.2, 0.25) is 5.02 Å². The first kappa shape index (κ1) is 20.8. The van der Waals surface area contributed by atoms with Crippen LogP contribution in [0.1, 0.15) is 18.5 Å². The van der Waals surface area contributed by atoms with Crippen molar-refractivity contribution in [2.45, 2.75) is 13.0 Å². The second-order valence-electron chi connectivity index (χ2n) is 7.45. The van der Waals surface area contributed by atoms with Gasteiger partial charge in [-0.2, -0.15) is 4.98 Å². The molecule has 0 saturated carbocycles. The quantitative estimate of drug-likeness (QED) is 0.428. The lowest BCUT2D eigenvalue weighted by atomic mass is 9.95. The average molecular weight is 462 g/mol. The number of hydrogen-bond donors (Lipinski definition) is 2. The highest BCUT2D eigenvalue weighted by atomic mass is 35.5. The van der Waals surface area contributed by atoms with Gasteiger partial charge in [0.05, 0.1) is 24.6 Å². The van der Waals surface area contributed by atoms with E-state index in [9.17, 15) is 4.79 Å². The maximum absolute atomic E-state index is 13.6. The van der Waals surface area contributed by atoms with Crippen LogP contribution >= 0.6 is 11.6 Å². The Morgan fingerprint density at radius 2 is 1.94 bits per heavy atom. The Hall–Kier alpha value is -4.04. The van der Waals surface area contributed by atoms with Crippen LogP contribution in [0.5, 0.6) is 5.75 Å². The monoisotopic (exact) mass is 461 g/mol. The first-order valence-corrected chi connectivity index (χ1v) is 10.6. The van der Waals surface area contributed by atoms with E-state index in [0.717, 1.165) is 5.56 Å². The van der Waals surface area contributed by atoms with E-state index < -0.39 is 6.04 Å². The maximum atomic E-state index is 13.6. The predicted molar refractivity (Wildman–Crippen MR) is 125 cm³/mol. The molecule has 0 unspecified atom stereocenters. The third kappa shape index (κ3) is 3.85. The van der Waals surface area contributed by atoms with Crippen LogP contribution < -0.4 is 15.4 Å². The zero-order valence-corrected chi connectivity index (χ0v) is 18.6. The number of carbonyl (C=O) groups excluding carboxylic acids is 1. The molecule has 0 bridgehead atoms. The minimum absolute atomic E-state index is 0.287. The molecule has 1 amide bonds. The second kappa shape index (κ2) is 8.48. The van der Waals surface area contributed by atoms with E-state index in [-0.39, 0.29) is 5.91 Å². The zero-order chi connectivity index (χ0) is 22.9. The Labute approximate surface area is 194 Å². The third-order valence-corrected chi connectivity index (χ3v) is 5.63. The van der Waals surface area contributed by atoms with E-state index in [4.69, 9.17) is 20.8 Å². The topological polar surface area (TPSA) is 94.2 Å². The van der Waals surface area contributed by atoms with Crippen LogP contribution in [0, 0.1) is 0 Å². The van der Waals surface area contributed by atoms with E-state index in [1.54, 1.807) is 54.5 Å². The Kier molecular flexibility index (Phi) is 5.35. The number of nitrogens with one attached hydrogen (secondary N) is 2. The number of benzene rings is 2. The number of rotatable bonds is 5. The van der Waals surface area contributed by atoms with Gasteiger partial charge in [-0.25, -0.2) is 4.68 Å². The van der Waals surface area contributed by atoms with E-state index >= 15 is 0 Å². The Morgan fingerprint density at radius 3 is 2.67 bits per heavy atom. The van der Waals surface area contributed by atoms with Crippen molar-refractivity contribution >= 4 is 29.1 Å². The molecule has 166 valence electrons. The molecule has 4 aromatic rings. The largest absolute Gasteiger partial charge is 0.495 e. The summed E-state index contributed by atoms with van der Waals surface area (Å²) in [6.07, 6.45) is 1.56. The molecular formula is C24H20ClN5O3. The number of carbonyl (C=O) groups is 1. The number of ether oxygens (including phenoxy) is 1. The van der Waals surface area contributed by atoms with Crippen molar-refractivity contribution in [2.75, 3.05) is 17.7 Å². The molecule has 1 aliphatic heterocycles. The number of nitrogens with zero attached hydrogens (tertiary/aromatic N) is 3. The normalized spacial score (nSPS) is 15.1. The summed E-state index contributed by atoms with van der Waals surface area (Å²) in [6, 6.07) is 17.6. The SMILES string of the molecule is COc1ccccc1NC(=O)C1=C(C)Nc2nc(-c3ccco3)nn2[C@@H]1c1ccc(Cl)cc1. The smallest absolute Gasteiger partial charge is 0.255 e. The van der Waals surface area contributed by atoms with Crippen molar-refractivity contribution in [1.29, 1.82) is 0 Å². The number of aromatic nitrogens is 3. The molecule has 33 heavy (non-hydrogen) atoms. The predicted octanol–water partition coefficient (Wildman–Crippen LogP) is 5.13. The molecule has 0 spiro atoms. The van der Waals surface area contributed by atoms with E-state index in [1.807, 2.05) is 31.2 Å². The molecule has 0 saturated heterocycles. The minimum Gasteiger partial charge on any atom is -0.495 e. The van der Waals surface area contributed by atoms with E-state index in [2.05, 4.69) is 20.7 Å². The number of hydrogen-bond acceptors (Lipinski definition) is 6. The van der Waals surface area contributed by atoms with Gasteiger partial charge in [-0.15, -0.1) is 5.10 Å². The molecule has 8 nitrogen and oxygen atoms in total. The van der Waals surface area contributed by atoms with Crippen molar-refractivity contribution in [3.63, 3.8) is 0 Å². The molecule has 9 heteroatoms. The van der Waals surface area contributed by atoms with Gasteiger partial charge in [0.15, 0.2) is 5.76 Å². The van der Waals surface area contributed by atoms with Gasteiger partial charge in [-0.3, -0.25) is 4.79 Å². The standard InChI is InChI=1S/C24H20ClN5O3/c1-14-20(23(31)27-17-6-3-4-7-18(17)32-2)21(15-9-11-16(25)12-10-15)30-24(26-14)28-22(29-30)19-8-5-13-33-19/h3-13,21H,1-2H3,(H,27,31)(H,26,28,29)/t21-/m1/s1. The van der Waals surface area contributed by atoms with Crippen LogP contribution in [-0.2, 0) is 4.79 Å². The number of methoxy groups -OCH3 is 1. The highest BCUT2D eigenvalue weighted by molar-refractivity contribution is 6.30. The van der Waals surface area contributed by atoms with Gasteiger partial charge in [0.25, 0.3) is 5.91 Å². The van der Waals surface area contributed by atoms with Crippen molar-refractivity contribution in [3.8, 4) is 17.3 Å². The molecule has 0 radical (unpaired) electrons. The van der Waals surface area contributed by atoms with Crippen LogP contribution in [0.3, 0.4) is 0 Å². The molecule has 2 N–H and O–H groups in total. The molecule has 5 rings (SSSR count). The lowest BCUT2D eigenvalue weighted by Crippen LogP contribution is -2.31. The van der Waals surface area contributed by atoms with Crippen molar-refractivity contribution in [1.82, 2.24) is 14.8 Å². The van der Waals surface area contributed by atoms with Crippen LogP contribution in [0.4, 0.5) is 11.6 Å². The molecule has 3 heterocycles. The number of anilines is 2. The van der Waals surface area contributed by atoms with Gasteiger partial charge in [0.2, 0.25) is 11.8 Å². The average Bonchev–Trinajstić information content (AvgIpc) is 3.49. The molecule has 0 aliphatic carbocycles. The number of fused-ring (bicyclic) bond motifs is 1. The van der Waals surface area contributed by atoms with E-state index in [1.165, 1.54) is 0 Å². The zero-order valence-electron chi connectivity index (χ0n) is 17.9. The van der Waals surface area contributed by atoms with Crippen LogP contribution in [0.25, 0.3) is 11.6 Å². The molecule has 1 atom stereocenters. The summed E-state index contributed by atoms with van der Waals surface area (Å²) in [6.45, 7) is 1.84. The summed E-state index contributed by atoms with van der Waals surface area (Å²) in [7, 11) is 1.56. The van der Waals surface area contributed by atoms with Gasteiger partial charge >= 0.3 is 0 Å². The fraction of sp³-hybridized carbons (Fsp3) is 0.125. The van der Waals surface area contributed by atoms with Gasteiger partial charge in [0.1, 0.15) is 11.8 Å². The van der Waals surface area contributed by atoms with Gasteiger partial charge in [-0.05, 0) is 48.9 Å². The number of halogens is 1. The number of para-hydroxylation sites is 2. The summed E-state index contributed by atoms with van der Waals surface area (Å²) in [4.78, 5) is 18.1. The molecule has 2 aromatic heterocycles. The van der Waals surface area contributed by atoms with Gasteiger partial charge in [0, 0.05) is 10.7 Å². The number of allylic oxidation sites excluding steroid dienone is 1. The highest BCUT2D eigenvalue weighted by Crippen LogP contribution is 2.37. The molecular weight excluding hydrogens is 442 g/mol. The van der Waals surface area contributed by atoms with Gasteiger partial charge < -0.3 is 19.8 Å². The number of furan rings is 1. The second-order valence-corrected chi connectivity index (χ2v) is 7.89. The fourth-order valence-corrected chi connectivity index (χ4v) is 3.97. The van der Waals surface area contributed by atoms with E-state index in [0.29, 0.717) is 45.3 Å². The molecule has 0 fully saturated rings. The Balaban J connectivity index is 1.60. The molecule has 1 aliphatic rings. The summed E-state index contributed by atoms with van der Waals surface area (Å²) in [5.41, 5.74) is 2.56. The van der Waals surface area contributed by atoms with Crippen molar-refractivity contribution in [3.05, 3.63) is 88.8 Å². The third-order valence-electron chi connectivity index (χ3n) is 5.38. The molecule has 2 aromatic carbocycles. The first-order chi connectivity index (χ1) is 16.0. The lowest BCUT2D eigenvalue weighted by molar-refractivity contribution is -0.113. The Bertz CT molecular complexity index is 1340. The summed E-state index contributed by atoms with van der Waals surface area (Å²) in [5.74, 6) is 1.74. The van der Waals surface area contributed by atoms with Crippen molar-refractivity contribution in [2.24, 2.45) is 0 Å². The Morgan fingerprint density at radius 1 is 1.15 bits per heavy atom. The first-order valence-electron chi connectivity index (χ1n) is 10.2. The van der Waals surface area contributed by atoms with Gasteiger partial charge in [-0.1, -0.05) is 35.9 Å². The highest BCUT2D eigenvalue weighted by Gasteiger charge is 2.35. The number of amides is 1. The summed E-state index contributed by atoms with van der Waals surface area (Å²) in [5, 5.41) is 11.4. The summed E-state index contributed by atoms with van der Waals surface area (Å²) < 4.78 is 12.5. The van der Waals surface area contributed by atoms with Crippen molar-refractivity contribution < 1.29 is 13.9 Å². The van der Waals surface area contributed by atoms with Crippen LogP contribution in [-0.4, -0.2) is 27.8 Å².